The number of carbonyl (C=O) groups is 1. The molecule has 0 radical (unpaired) electrons. The van der Waals surface area contributed by atoms with Gasteiger partial charge in [-0.3, -0.25) is 9.78 Å². The van der Waals surface area contributed by atoms with Crippen LogP contribution in [-0.4, -0.2) is 16.4 Å². The van der Waals surface area contributed by atoms with Gasteiger partial charge in [-0.25, -0.2) is 8.78 Å². The normalized spacial score (nSPS) is 13.5. The van der Waals surface area contributed by atoms with E-state index in [0.29, 0.717) is 23.3 Å². The van der Waals surface area contributed by atoms with Crippen molar-refractivity contribution in [2.75, 3.05) is 0 Å². The van der Waals surface area contributed by atoms with E-state index in [4.69, 9.17) is 0 Å². The Labute approximate surface area is 163 Å². The maximum absolute atomic E-state index is 13.8. The molecule has 0 aliphatic carbocycles. The highest BCUT2D eigenvalue weighted by Gasteiger charge is 2.28. The van der Waals surface area contributed by atoms with Gasteiger partial charge in [0.2, 0.25) is 0 Å². The van der Waals surface area contributed by atoms with Crippen molar-refractivity contribution in [3.8, 4) is 0 Å². The standard InChI is InChI=1S/C23H24F2N2O/c1-15(2)12-23(3,13-16-6-4-8-19(24)10-16)27-22(28)18-11-17-7-5-9-20(25)21(17)26-14-18/h4-11,14-15H,12-13H2,1-3H3,(H,27,28). The van der Waals surface area contributed by atoms with Crippen molar-refractivity contribution < 1.29 is 13.6 Å². The predicted molar refractivity (Wildman–Crippen MR) is 107 cm³/mol. The fraction of sp³-hybridized carbons (Fsp3) is 0.304. The van der Waals surface area contributed by atoms with Crippen molar-refractivity contribution in [2.24, 2.45) is 5.92 Å². The second kappa shape index (κ2) is 8.05. The molecular weight excluding hydrogens is 358 g/mol. The average molecular weight is 382 g/mol. The van der Waals surface area contributed by atoms with E-state index in [0.717, 1.165) is 12.0 Å². The fourth-order valence-electron chi connectivity index (χ4n) is 3.76. The quantitative estimate of drug-likeness (QED) is 0.629. The number of nitrogens with zero attached hydrogens (tertiary/aromatic N) is 1. The second-order valence-corrected chi connectivity index (χ2v) is 7.96. The van der Waals surface area contributed by atoms with Crippen molar-refractivity contribution in [2.45, 2.75) is 39.2 Å². The number of pyridine rings is 1. The number of hydrogen-bond acceptors (Lipinski definition) is 2. The summed E-state index contributed by atoms with van der Waals surface area (Å²) < 4.78 is 27.4. The third-order valence-electron chi connectivity index (χ3n) is 4.68. The van der Waals surface area contributed by atoms with Gasteiger partial charge in [-0.1, -0.05) is 38.1 Å². The first-order chi connectivity index (χ1) is 13.3. The number of carbonyl (C=O) groups excluding carboxylic acids is 1. The molecule has 0 bridgehead atoms. The van der Waals surface area contributed by atoms with Crippen LogP contribution in [0.3, 0.4) is 0 Å². The summed E-state index contributed by atoms with van der Waals surface area (Å²) in [4.78, 5) is 17.0. The van der Waals surface area contributed by atoms with Crippen molar-refractivity contribution >= 4 is 16.8 Å². The molecule has 0 saturated carbocycles. The van der Waals surface area contributed by atoms with E-state index in [-0.39, 0.29) is 17.2 Å². The van der Waals surface area contributed by atoms with E-state index in [1.807, 2.05) is 13.0 Å². The number of aromatic nitrogens is 1. The number of nitrogens with one attached hydrogen (secondary N) is 1. The van der Waals surface area contributed by atoms with Crippen LogP contribution in [0.1, 0.15) is 43.1 Å². The third kappa shape index (κ3) is 4.71. The first-order valence-corrected chi connectivity index (χ1v) is 9.37. The van der Waals surface area contributed by atoms with Gasteiger partial charge in [0.05, 0.1) is 5.56 Å². The van der Waals surface area contributed by atoms with Crippen molar-refractivity contribution in [3.63, 3.8) is 0 Å². The first kappa shape index (κ1) is 19.9. The molecule has 3 aromatic rings. The molecule has 5 heteroatoms. The molecule has 0 aliphatic heterocycles. The Kier molecular flexibility index (Phi) is 5.73. The molecule has 1 aromatic heterocycles. The number of halogens is 2. The van der Waals surface area contributed by atoms with E-state index in [1.54, 1.807) is 24.3 Å². The highest BCUT2D eigenvalue weighted by atomic mass is 19.1. The van der Waals surface area contributed by atoms with Crippen LogP contribution in [0.4, 0.5) is 8.78 Å². The molecule has 0 saturated heterocycles. The molecule has 1 N–H and O–H groups in total. The molecule has 146 valence electrons. The van der Waals surface area contributed by atoms with Crippen molar-refractivity contribution in [3.05, 3.63) is 77.5 Å². The molecule has 3 rings (SSSR count). The lowest BCUT2D eigenvalue weighted by molar-refractivity contribution is 0.0894. The Bertz CT molecular complexity index is 1000. The smallest absolute Gasteiger partial charge is 0.253 e. The number of rotatable bonds is 6. The van der Waals surface area contributed by atoms with Crippen LogP contribution in [0.25, 0.3) is 10.9 Å². The predicted octanol–water partition coefficient (Wildman–Crippen LogP) is 5.29. The van der Waals surface area contributed by atoms with Crippen LogP contribution in [-0.2, 0) is 6.42 Å². The zero-order valence-electron chi connectivity index (χ0n) is 16.3. The largest absolute Gasteiger partial charge is 0.346 e. The highest BCUT2D eigenvalue weighted by Crippen LogP contribution is 2.24. The van der Waals surface area contributed by atoms with Gasteiger partial charge in [-0.15, -0.1) is 0 Å². The summed E-state index contributed by atoms with van der Waals surface area (Å²) in [5.74, 6) is -0.655. The van der Waals surface area contributed by atoms with Gasteiger partial charge in [0, 0.05) is 17.1 Å². The highest BCUT2D eigenvalue weighted by molar-refractivity contribution is 5.97. The summed E-state index contributed by atoms with van der Waals surface area (Å²) in [7, 11) is 0. The number of amides is 1. The van der Waals surface area contributed by atoms with Gasteiger partial charge in [0.25, 0.3) is 5.91 Å². The molecule has 1 amide bonds. The maximum atomic E-state index is 13.8. The van der Waals surface area contributed by atoms with Crippen molar-refractivity contribution in [1.82, 2.24) is 10.3 Å². The summed E-state index contributed by atoms with van der Waals surface area (Å²) in [6.07, 6.45) is 2.62. The van der Waals surface area contributed by atoms with Crippen LogP contribution in [0.15, 0.2) is 54.7 Å². The molecule has 1 heterocycles. The molecule has 1 unspecified atom stereocenters. The fourth-order valence-corrected chi connectivity index (χ4v) is 3.76. The number of fused-ring (bicyclic) bond motifs is 1. The molecular formula is C23H24F2N2O. The summed E-state index contributed by atoms with van der Waals surface area (Å²) >= 11 is 0. The lowest BCUT2D eigenvalue weighted by Crippen LogP contribution is -2.48. The molecule has 0 fully saturated rings. The molecule has 2 aromatic carbocycles. The Morgan fingerprint density at radius 2 is 1.89 bits per heavy atom. The topological polar surface area (TPSA) is 42.0 Å². The van der Waals surface area contributed by atoms with E-state index >= 15 is 0 Å². The van der Waals surface area contributed by atoms with Crippen molar-refractivity contribution in [1.29, 1.82) is 0 Å². The maximum Gasteiger partial charge on any atom is 0.253 e. The molecule has 1 atom stereocenters. The van der Waals surface area contributed by atoms with Crippen LogP contribution >= 0.6 is 0 Å². The van der Waals surface area contributed by atoms with Gasteiger partial charge in [0.15, 0.2) is 0 Å². The second-order valence-electron chi connectivity index (χ2n) is 7.96. The average Bonchev–Trinajstić information content (AvgIpc) is 2.60. The van der Waals surface area contributed by atoms with E-state index in [1.165, 1.54) is 24.4 Å². The Balaban J connectivity index is 1.86. The molecule has 28 heavy (non-hydrogen) atoms. The van der Waals surface area contributed by atoms with Crippen LogP contribution in [0.5, 0.6) is 0 Å². The molecule has 0 spiro atoms. The van der Waals surface area contributed by atoms with Gasteiger partial charge >= 0.3 is 0 Å². The molecule has 3 nitrogen and oxygen atoms in total. The Hall–Kier alpha value is -2.82. The van der Waals surface area contributed by atoms with E-state index in [9.17, 15) is 13.6 Å². The number of benzene rings is 2. The van der Waals surface area contributed by atoms with Gasteiger partial charge in [0.1, 0.15) is 17.2 Å². The minimum atomic E-state index is -0.560. The summed E-state index contributed by atoms with van der Waals surface area (Å²) in [6.45, 7) is 6.12. The Morgan fingerprint density at radius 1 is 1.14 bits per heavy atom. The zero-order valence-corrected chi connectivity index (χ0v) is 16.3. The minimum absolute atomic E-state index is 0.240. The lowest BCUT2D eigenvalue weighted by Gasteiger charge is -2.33. The first-order valence-electron chi connectivity index (χ1n) is 9.37. The lowest BCUT2D eigenvalue weighted by atomic mass is 9.84. The molecule has 0 aliphatic rings. The van der Waals surface area contributed by atoms with Gasteiger partial charge in [-0.05, 0) is 55.5 Å². The SMILES string of the molecule is CC(C)CC(C)(Cc1cccc(F)c1)NC(=O)c1cnc2c(F)cccc2c1. The number of hydrogen-bond donors (Lipinski definition) is 1. The summed E-state index contributed by atoms with van der Waals surface area (Å²) in [5, 5.41) is 3.67. The minimum Gasteiger partial charge on any atom is -0.346 e. The number of para-hydroxylation sites is 1. The van der Waals surface area contributed by atoms with Crippen LogP contribution in [0, 0.1) is 17.6 Å². The summed E-state index contributed by atoms with van der Waals surface area (Å²) in [6, 6.07) is 12.7. The van der Waals surface area contributed by atoms with Crippen LogP contribution in [0.2, 0.25) is 0 Å². The van der Waals surface area contributed by atoms with Gasteiger partial charge < -0.3 is 5.32 Å². The van der Waals surface area contributed by atoms with Crippen LogP contribution < -0.4 is 5.32 Å². The third-order valence-corrected chi connectivity index (χ3v) is 4.68. The Morgan fingerprint density at radius 3 is 2.61 bits per heavy atom. The van der Waals surface area contributed by atoms with E-state index < -0.39 is 11.4 Å². The monoisotopic (exact) mass is 382 g/mol. The summed E-state index contributed by atoms with van der Waals surface area (Å²) in [5.41, 5.74) is 0.869. The van der Waals surface area contributed by atoms with Gasteiger partial charge in [-0.2, -0.15) is 0 Å². The zero-order chi connectivity index (χ0) is 20.3. The van der Waals surface area contributed by atoms with E-state index in [2.05, 4.69) is 24.1 Å².